The first-order chi connectivity index (χ1) is 9.31. The highest BCUT2D eigenvalue weighted by atomic mass is 15.3. The van der Waals surface area contributed by atoms with Gasteiger partial charge in [-0.25, -0.2) is 0 Å². The normalized spacial score (nSPS) is 16.6. The summed E-state index contributed by atoms with van der Waals surface area (Å²) in [5, 5.41) is 7.73. The molecular formula is C14H19N5. The standard InChI is InChI=1S/C14H19N5/c1-18-11-13(10-16-18)17-12-4-8-19(9-5-12)14-2-6-15-7-3-14/h2-3,6-7,10-12,17H,4-5,8-9H2,1H3. The number of hydrogen-bond acceptors (Lipinski definition) is 4. The van der Waals surface area contributed by atoms with Gasteiger partial charge in [0.25, 0.3) is 0 Å². The third-order valence-electron chi connectivity index (χ3n) is 3.60. The fraction of sp³-hybridized carbons (Fsp3) is 0.429. The van der Waals surface area contributed by atoms with E-state index >= 15 is 0 Å². The van der Waals surface area contributed by atoms with Crippen molar-refractivity contribution in [2.45, 2.75) is 18.9 Å². The Labute approximate surface area is 113 Å². The Morgan fingerprint density at radius 3 is 2.58 bits per heavy atom. The second kappa shape index (κ2) is 5.30. The lowest BCUT2D eigenvalue weighted by molar-refractivity contribution is 0.526. The van der Waals surface area contributed by atoms with Crippen LogP contribution in [0.5, 0.6) is 0 Å². The number of pyridine rings is 1. The van der Waals surface area contributed by atoms with Gasteiger partial charge in [-0.3, -0.25) is 9.67 Å². The van der Waals surface area contributed by atoms with Gasteiger partial charge in [-0.05, 0) is 25.0 Å². The van der Waals surface area contributed by atoms with Crippen LogP contribution < -0.4 is 10.2 Å². The molecule has 0 saturated carbocycles. The molecule has 0 radical (unpaired) electrons. The maximum absolute atomic E-state index is 4.18. The number of rotatable bonds is 3. The van der Waals surface area contributed by atoms with Gasteiger partial charge in [0.1, 0.15) is 0 Å². The largest absolute Gasteiger partial charge is 0.380 e. The van der Waals surface area contributed by atoms with Gasteiger partial charge in [-0.2, -0.15) is 5.10 Å². The van der Waals surface area contributed by atoms with E-state index in [2.05, 4.69) is 32.4 Å². The number of piperidine rings is 1. The fourth-order valence-corrected chi connectivity index (χ4v) is 2.57. The summed E-state index contributed by atoms with van der Waals surface area (Å²) < 4.78 is 1.83. The second-order valence-corrected chi connectivity index (χ2v) is 5.01. The number of hydrogen-bond donors (Lipinski definition) is 1. The average Bonchev–Trinajstić information content (AvgIpc) is 2.86. The lowest BCUT2D eigenvalue weighted by Gasteiger charge is -2.34. The highest BCUT2D eigenvalue weighted by Gasteiger charge is 2.19. The van der Waals surface area contributed by atoms with Crippen molar-refractivity contribution in [1.82, 2.24) is 14.8 Å². The summed E-state index contributed by atoms with van der Waals surface area (Å²) in [6.07, 6.45) is 9.92. The molecule has 0 atom stereocenters. The third kappa shape index (κ3) is 2.86. The first kappa shape index (κ1) is 12.0. The Bertz CT molecular complexity index is 514. The smallest absolute Gasteiger partial charge is 0.0728 e. The predicted octanol–water partition coefficient (Wildman–Crippen LogP) is 1.90. The monoisotopic (exact) mass is 257 g/mol. The van der Waals surface area contributed by atoms with E-state index in [4.69, 9.17) is 0 Å². The number of aryl methyl sites for hydroxylation is 1. The molecule has 0 aromatic carbocycles. The van der Waals surface area contributed by atoms with Crippen LogP contribution >= 0.6 is 0 Å². The molecule has 1 N–H and O–H groups in total. The molecule has 1 aliphatic heterocycles. The Balaban J connectivity index is 1.55. The van der Waals surface area contributed by atoms with E-state index in [9.17, 15) is 0 Å². The van der Waals surface area contributed by atoms with Crippen LogP contribution in [0.25, 0.3) is 0 Å². The molecule has 1 fully saturated rings. The molecule has 1 aliphatic rings. The molecule has 5 nitrogen and oxygen atoms in total. The molecule has 0 bridgehead atoms. The summed E-state index contributed by atoms with van der Waals surface area (Å²) in [5.41, 5.74) is 2.39. The Kier molecular flexibility index (Phi) is 3.35. The summed E-state index contributed by atoms with van der Waals surface area (Å²) >= 11 is 0. The first-order valence-corrected chi connectivity index (χ1v) is 6.71. The zero-order valence-corrected chi connectivity index (χ0v) is 11.2. The van der Waals surface area contributed by atoms with Crippen molar-refractivity contribution in [3.63, 3.8) is 0 Å². The number of anilines is 2. The van der Waals surface area contributed by atoms with Crippen molar-refractivity contribution >= 4 is 11.4 Å². The second-order valence-electron chi connectivity index (χ2n) is 5.01. The van der Waals surface area contributed by atoms with E-state index in [1.807, 2.05) is 36.5 Å². The zero-order chi connectivity index (χ0) is 13.1. The van der Waals surface area contributed by atoms with Crippen molar-refractivity contribution in [2.75, 3.05) is 23.3 Å². The van der Waals surface area contributed by atoms with Gasteiger partial charge >= 0.3 is 0 Å². The predicted molar refractivity (Wildman–Crippen MR) is 76.3 cm³/mol. The topological polar surface area (TPSA) is 46.0 Å². The van der Waals surface area contributed by atoms with Crippen LogP contribution in [0.3, 0.4) is 0 Å². The molecule has 3 heterocycles. The molecule has 0 spiro atoms. The Hall–Kier alpha value is -2.04. The van der Waals surface area contributed by atoms with Gasteiger partial charge in [-0.15, -0.1) is 0 Å². The summed E-state index contributed by atoms with van der Waals surface area (Å²) in [6.45, 7) is 2.17. The number of aromatic nitrogens is 3. The van der Waals surface area contributed by atoms with Crippen molar-refractivity contribution in [1.29, 1.82) is 0 Å². The van der Waals surface area contributed by atoms with E-state index < -0.39 is 0 Å². The molecule has 0 unspecified atom stereocenters. The highest BCUT2D eigenvalue weighted by Crippen LogP contribution is 2.21. The van der Waals surface area contributed by atoms with E-state index in [1.54, 1.807) is 0 Å². The van der Waals surface area contributed by atoms with Crippen LogP contribution in [0.4, 0.5) is 11.4 Å². The van der Waals surface area contributed by atoms with Crippen LogP contribution in [-0.4, -0.2) is 33.9 Å². The van der Waals surface area contributed by atoms with Crippen LogP contribution in [-0.2, 0) is 7.05 Å². The van der Waals surface area contributed by atoms with Crippen LogP contribution in [0, 0.1) is 0 Å². The van der Waals surface area contributed by atoms with Crippen LogP contribution in [0.2, 0.25) is 0 Å². The van der Waals surface area contributed by atoms with Gasteiger partial charge in [0.05, 0.1) is 11.9 Å². The van der Waals surface area contributed by atoms with Crippen LogP contribution in [0.15, 0.2) is 36.9 Å². The summed E-state index contributed by atoms with van der Waals surface area (Å²) in [5.74, 6) is 0. The molecule has 2 aromatic rings. The number of nitrogens with one attached hydrogen (secondary N) is 1. The minimum absolute atomic E-state index is 0.544. The zero-order valence-electron chi connectivity index (χ0n) is 11.2. The first-order valence-electron chi connectivity index (χ1n) is 6.71. The lowest BCUT2D eigenvalue weighted by atomic mass is 10.0. The van der Waals surface area contributed by atoms with E-state index in [1.165, 1.54) is 5.69 Å². The summed E-state index contributed by atoms with van der Waals surface area (Å²) in [6, 6.07) is 4.70. The fourth-order valence-electron chi connectivity index (χ4n) is 2.57. The SMILES string of the molecule is Cn1cc(NC2CCN(c3ccncc3)CC2)cn1. The molecule has 1 saturated heterocycles. The summed E-state index contributed by atoms with van der Waals surface area (Å²) in [4.78, 5) is 6.48. The van der Waals surface area contributed by atoms with Crippen molar-refractivity contribution < 1.29 is 0 Å². The highest BCUT2D eigenvalue weighted by molar-refractivity contribution is 5.46. The van der Waals surface area contributed by atoms with Gasteiger partial charge < -0.3 is 10.2 Å². The maximum atomic E-state index is 4.18. The van der Waals surface area contributed by atoms with E-state index in [-0.39, 0.29) is 0 Å². The molecule has 3 rings (SSSR count). The lowest BCUT2D eigenvalue weighted by Crippen LogP contribution is -2.39. The van der Waals surface area contributed by atoms with Crippen molar-refractivity contribution in [2.24, 2.45) is 7.05 Å². The van der Waals surface area contributed by atoms with Crippen molar-refractivity contribution in [3.05, 3.63) is 36.9 Å². The molecule has 5 heteroatoms. The van der Waals surface area contributed by atoms with E-state index in [0.717, 1.165) is 31.6 Å². The Morgan fingerprint density at radius 1 is 1.21 bits per heavy atom. The van der Waals surface area contributed by atoms with Gasteiger partial charge in [0, 0.05) is 50.5 Å². The van der Waals surface area contributed by atoms with Crippen molar-refractivity contribution in [3.8, 4) is 0 Å². The molecule has 0 aliphatic carbocycles. The van der Waals surface area contributed by atoms with E-state index in [0.29, 0.717) is 6.04 Å². The summed E-state index contributed by atoms with van der Waals surface area (Å²) in [7, 11) is 1.94. The minimum Gasteiger partial charge on any atom is -0.380 e. The molecule has 0 amide bonds. The molecular weight excluding hydrogens is 238 g/mol. The quantitative estimate of drug-likeness (QED) is 0.912. The molecule has 100 valence electrons. The average molecular weight is 257 g/mol. The Morgan fingerprint density at radius 2 is 1.95 bits per heavy atom. The molecule has 2 aromatic heterocycles. The number of nitrogens with zero attached hydrogens (tertiary/aromatic N) is 4. The third-order valence-corrected chi connectivity index (χ3v) is 3.60. The molecule has 19 heavy (non-hydrogen) atoms. The minimum atomic E-state index is 0.544. The van der Waals surface area contributed by atoms with Gasteiger partial charge in [0.15, 0.2) is 0 Å². The van der Waals surface area contributed by atoms with Gasteiger partial charge in [-0.1, -0.05) is 0 Å². The van der Waals surface area contributed by atoms with Crippen LogP contribution in [0.1, 0.15) is 12.8 Å². The maximum Gasteiger partial charge on any atom is 0.0728 e. The van der Waals surface area contributed by atoms with Gasteiger partial charge in [0.2, 0.25) is 0 Å².